The summed E-state index contributed by atoms with van der Waals surface area (Å²) in [4.78, 5) is 0. The van der Waals surface area contributed by atoms with E-state index >= 15 is 0 Å². The first-order chi connectivity index (χ1) is 41.3. The molecule has 0 amide bonds. The van der Waals surface area contributed by atoms with Gasteiger partial charge in [-0.15, -0.1) is 0 Å². The van der Waals surface area contributed by atoms with E-state index in [1.165, 1.54) is 167 Å². The molecule has 440 valence electrons. The van der Waals surface area contributed by atoms with Gasteiger partial charge in [0.05, 0.1) is 0 Å². The molecule has 0 heteroatoms. The quantitative estimate of drug-likeness (QED) is 0.142. The van der Waals surface area contributed by atoms with Gasteiger partial charge >= 0.3 is 0 Å². The maximum absolute atomic E-state index is 2.34. The number of hydrogen-bond donors (Lipinski definition) is 0. The third-order valence-electron chi connectivity index (χ3n) is 17.5. The maximum atomic E-state index is 2.34. The predicted molar refractivity (Wildman–Crippen MR) is 378 cm³/mol. The molecule has 0 atom stereocenters. The van der Waals surface area contributed by atoms with Crippen molar-refractivity contribution in [2.24, 2.45) is 0 Å². The molecule has 0 nitrogen and oxygen atoms in total. The first-order valence-electron chi connectivity index (χ1n) is 32.2. The highest BCUT2D eigenvalue weighted by atomic mass is 14.3. The highest BCUT2D eigenvalue weighted by molar-refractivity contribution is 5.83. The van der Waals surface area contributed by atoms with E-state index in [2.05, 4.69) is 251 Å². The van der Waals surface area contributed by atoms with Crippen LogP contribution in [0.1, 0.15) is 181 Å². The average molecular weight is 1120 g/mol. The lowest BCUT2D eigenvalue weighted by Crippen LogP contribution is -1.89. The number of fused-ring (bicyclic) bond motifs is 15. The molecule has 0 fully saturated rings. The smallest absolute Gasteiger partial charge is 0.00107 e. The lowest BCUT2D eigenvalue weighted by molar-refractivity contribution is 1.19. The fourth-order valence-electron chi connectivity index (χ4n) is 12.4. The number of benzene rings is 10. The van der Waals surface area contributed by atoms with Gasteiger partial charge in [0.2, 0.25) is 0 Å². The molecule has 10 aromatic rings. The third kappa shape index (κ3) is 14.3. The number of rotatable bonds is 0. The van der Waals surface area contributed by atoms with Crippen molar-refractivity contribution < 1.29 is 0 Å². The van der Waals surface area contributed by atoms with Gasteiger partial charge in [-0.05, 0) is 268 Å². The Morgan fingerprint density at radius 1 is 0.188 bits per heavy atom. The highest BCUT2D eigenvalue weighted by Crippen LogP contribution is 2.43. The van der Waals surface area contributed by atoms with E-state index in [1.807, 2.05) is 69.2 Å². The Hall–Kier alpha value is -7.80. The van der Waals surface area contributed by atoms with Gasteiger partial charge in [-0.25, -0.2) is 0 Å². The second-order valence-electron chi connectivity index (χ2n) is 21.9. The van der Waals surface area contributed by atoms with Gasteiger partial charge < -0.3 is 0 Å². The van der Waals surface area contributed by atoms with Crippen LogP contribution >= 0.6 is 0 Å². The summed E-state index contributed by atoms with van der Waals surface area (Å²) in [6, 6.07) is 66.4. The molecule has 0 radical (unpaired) electrons. The molecule has 85 heavy (non-hydrogen) atoms. The Bertz CT molecular complexity index is 3640. The minimum Gasteiger partial charge on any atom is -0.0683 e. The summed E-state index contributed by atoms with van der Waals surface area (Å²) >= 11 is 0. The van der Waals surface area contributed by atoms with Crippen molar-refractivity contribution >= 4 is 0 Å². The molecule has 0 bridgehead atoms. The van der Waals surface area contributed by atoms with Gasteiger partial charge in [0.15, 0.2) is 0 Å². The van der Waals surface area contributed by atoms with E-state index < -0.39 is 0 Å². The zero-order valence-electron chi connectivity index (χ0n) is 55.9. The number of aryl methyl sites for hydroxylation is 6. The molecule has 0 unspecified atom stereocenters. The number of hydrogen-bond acceptors (Lipinski definition) is 0. The van der Waals surface area contributed by atoms with Crippen molar-refractivity contribution in [1.82, 2.24) is 0 Å². The van der Waals surface area contributed by atoms with Gasteiger partial charge in [0.25, 0.3) is 0 Å². The minimum absolute atomic E-state index is 1.10. The molecule has 0 spiro atoms. The van der Waals surface area contributed by atoms with Crippen LogP contribution in [-0.4, -0.2) is 0 Å². The van der Waals surface area contributed by atoms with Gasteiger partial charge in [-0.1, -0.05) is 251 Å². The topological polar surface area (TPSA) is 0 Å². The molecule has 10 aromatic carbocycles. The second-order valence-corrected chi connectivity index (χ2v) is 21.9. The van der Waals surface area contributed by atoms with Gasteiger partial charge in [-0.3, -0.25) is 0 Å². The van der Waals surface area contributed by atoms with Gasteiger partial charge in [0.1, 0.15) is 0 Å². The molecule has 0 saturated heterocycles. The largest absolute Gasteiger partial charge is 0.0683 e. The molecule has 5 aliphatic rings. The first kappa shape index (κ1) is 66.3. The molecule has 0 aromatic heterocycles. The van der Waals surface area contributed by atoms with Crippen LogP contribution in [0.2, 0.25) is 0 Å². The molecule has 0 aliphatic heterocycles. The van der Waals surface area contributed by atoms with Crippen molar-refractivity contribution in [3.8, 4) is 55.6 Å². The maximum Gasteiger partial charge on any atom is -0.00107 e. The SMILES string of the molecule is CC.CC.CC.CC.CC.Cc1cc2c(cc1C)-c1ccccc1C2.Cc1ccc2c(c1C)-c1ccccc1C2.Cc1ccc2c(c1C)-c1ccccc1C2.Cc1ccc2c(c1C)Cc1ccccc1-2.Cc1ccc2c(c1C)Cc1ccccc1-2. The molecule has 5 aliphatic carbocycles. The van der Waals surface area contributed by atoms with Crippen molar-refractivity contribution in [1.29, 1.82) is 0 Å². The summed E-state index contributed by atoms with van der Waals surface area (Å²) in [5, 5.41) is 0. The van der Waals surface area contributed by atoms with Crippen molar-refractivity contribution in [2.45, 2.75) is 171 Å². The van der Waals surface area contributed by atoms with Gasteiger partial charge in [0, 0.05) is 0 Å². The summed E-state index contributed by atoms with van der Waals surface area (Å²) < 4.78 is 0. The Kier molecular flexibility index (Phi) is 24.5. The van der Waals surface area contributed by atoms with E-state index in [9.17, 15) is 0 Å². The lowest BCUT2D eigenvalue weighted by Gasteiger charge is -2.08. The summed E-state index contributed by atoms with van der Waals surface area (Å²) in [6.45, 7) is 42.1. The highest BCUT2D eigenvalue weighted by Gasteiger charge is 2.24. The van der Waals surface area contributed by atoms with E-state index in [4.69, 9.17) is 0 Å². The van der Waals surface area contributed by atoms with Crippen LogP contribution in [0.5, 0.6) is 0 Å². The normalized spacial score (nSPS) is 11.3. The first-order valence-corrected chi connectivity index (χ1v) is 32.2. The zero-order chi connectivity index (χ0) is 62.1. The van der Waals surface area contributed by atoms with Crippen LogP contribution < -0.4 is 0 Å². The van der Waals surface area contributed by atoms with Gasteiger partial charge in [-0.2, -0.15) is 0 Å². The van der Waals surface area contributed by atoms with Crippen molar-refractivity contribution in [3.63, 3.8) is 0 Å². The Morgan fingerprint density at radius 3 is 0.835 bits per heavy atom. The summed E-state index contributed by atoms with van der Waals surface area (Å²) in [7, 11) is 0. The van der Waals surface area contributed by atoms with E-state index in [0.717, 1.165) is 32.1 Å². The molecule has 15 rings (SSSR count). The molecule has 0 heterocycles. The van der Waals surface area contributed by atoms with Crippen LogP contribution in [0, 0.1) is 69.2 Å². The van der Waals surface area contributed by atoms with E-state index in [1.54, 1.807) is 0 Å². The van der Waals surface area contributed by atoms with Crippen molar-refractivity contribution in [3.05, 3.63) is 293 Å². The minimum atomic E-state index is 1.10. The van der Waals surface area contributed by atoms with E-state index in [-0.39, 0.29) is 0 Å². The van der Waals surface area contributed by atoms with Crippen LogP contribution in [0.15, 0.2) is 182 Å². The Morgan fingerprint density at radius 2 is 0.459 bits per heavy atom. The average Bonchev–Trinajstić information content (AvgIpc) is 3.42. The fourth-order valence-corrected chi connectivity index (χ4v) is 12.4. The fraction of sp³-hybridized carbons (Fsp3) is 0.294. The molecular weight excluding hydrogens is 1020 g/mol. The lowest BCUT2D eigenvalue weighted by atomic mass is 9.97. The van der Waals surface area contributed by atoms with Crippen LogP contribution in [-0.2, 0) is 32.1 Å². The van der Waals surface area contributed by atoms with Crippen LogP contribution in [0.25, 0.3) is 55.6 Å². The summed E-state index contributed by atoms with van der Waals surface area (Å²) in [5.41, 5.74) is 43.5. The predicted octanol–water partition coefficient (Wildman–Crippen LogP) is 24.5. The van der Waals surface area contributed by atoms with E-state index in [0.29, 0.717) is 0 Å². The molecular formula is C85H100. The van der Waals surface area contributed by atoms with Crippen LogP contribution in [0.4, 0.5) is 0 Å². The zero-order valence-corrected chi connectivity index (χ0v) is 55.9. The van der Waals surface area contributed by atoms with Crippen molar-refractivity contribution in [2.75, 3.05) is 0 Å². The summed E-state index contributed by atoms with van der Waals surface area (Å²) in [5.74, 6) is 0. The molecule has 0 saturated carbocycles. The second kappa shape index (κ2) is 31.4. The summed E-state index contributed by atoms with van der Waals surface area (Å²) in [6.07, 6.45) is 5.53. The van der Waals surface area contributed by atoms with Crippen LogP contribution in [0.3, 0.4) is 0 Å². The Balaban J connectivity index is 0.000000164. The molecule has 0 N–H and O–H groups in total. The monoisotopic (exact) mass is 1120 g/mol. The standard InChI is InChI=1S/5C15H14.5C2H6/c1-10-7-13-9-12-5-3-4-6-14(12)15(13)8-11(10)2;2*1-10-7-8-13-9-12-5-3-4-6-14(12)15(13)11(10)2;2*1-10-7-8-14-13-6-4-3-5-12(13)9-15(14)11(10)2;5*1-2/h5*3-8H,9H2,1-2H3;5*1-2H3. The third-order valence-corrected chi connectivity index (χ3v) is 17.5. The Labute approximate surface area is 516 Å².